The molecule has 1 aliphatic rings. The first-order valence-electron chi connectivity index (χ1n) is 10.5. The number of carbonyl (C=O) groups excluding carboxylic acids is 1. The van der Waals surface area contributed by atoms with Crippen molar-refractivity contribution < 1.29 is 9.90 Å². The van der Waals surface area contributed by atoms with Crippen LogP contribution < -0.4 is 15.9 Å². The first kappa shape index (κ1) is 22.2. The predicted octanol–water partition coefficient (Wildman–Crippen LogP) is 4.53. The summed E-state index contributed by atoms with van der Waals surface area (Å²) in [5, 5.41) is 16.3. The lowest BCUT2D eigenvalue weighted by Crippen LogP contribution is -2.19. The van der Waals surface area contributed by atoms with Gasteiger partial charge in [0, 0.05) is 15.4 Å². The second-order valence-electron chi connectivity index (χ2n) is 7.50. The van der Waals surface area contributed by atoms with Crippen LogP contribution in [0.25, 0.3) is 17.8 Å². The second kappa shape index (κ2) is 9.70. The average Bonchev–Trinajstić information content (AvgIpc) is 3.40. The van der Waals surface area contributed by atoms with Gasteiger partial charge in [0.1, 0.15) is 5.69 Å². The molecule has 1 aliphatic heterocycles. The van der Waals surface area contributed by atoms with E-state index in [4.69, 9.17) is 0 Å². The number of nitrogens with one attached hydrogen (secondary N) is 1. The number of hydrogen-bond acceptors (Lipinski definition) is 5. The lowest BCUT2D eigenvalue weighted by atomic mass is 10.2. The molecule has 2 N–H and O–H groups in total. The van der Waals surface area contributed by atoms with Crippen molar-refractivity contribution in [3.63, 3.8) is 0 Å². The minimum atomic E-state index is -0.163. The van der Waals surface area contributed by atoms with Crippen molar-refractivity contribution in [1.82, 2.24) is 9.55 Å². The zero-order chi connectivity index (χ0) is 23.5. The van der Waals surface area contributed by atoms with Crippen molar-refractivity contribution in [3.05, 3.63) is 105 Å². The van der Waals surface area contributed by atoms with Gasteiger partial charge in [-0.25, -0.2) is 9.98 Å². The molecule has 0 bridgehead atoms. The fraction of sp³-hybridized carbons (Fsp3) is 0.0385. The number of nitrogens with zero attached hydrogens (tertiary/aromatic N) is 3. The lowest BCUT2D eigenvalue weighted by Gasteiger charge is -2.09. The maximum Gasteiger partial charge on any atom is 0.234 e. The fourth-order valence-electron chi connectivity index (χ4n) is 3.53. The average molecular weight is 531 g/mol. The highest BCUT2D eigenvalue weighted by Gasteiger charge is 2.19. The van der Waals surface area contributed by atoms with Crippen molar-refractivity contribution in [3.8, 4) is 11.6 Å². The monoisotopic (exact) mass is 530 g/mol. The third-order valence-electron chi connectivity index (χ3n) is 5.10. The number of aromatic hydroxyl groups is 1. The molecule has 4 aromatic rings. The first-order chi connectivity index (χ1) is 16.6. The molecule has 6 nitrogen and oxygen atoms in total. The van der Waals surface area contributed by atoms with Crippen LogP contribution in [0.1, 0.15) is 5.69 Å². The Morgan fingerprint density at radius 1 is 1.03 bits per heavy atom. The minimum absolute atomic E-state index is 0.00549. The largest absolute Gasteiger partial charge is 0.493 e. The van der Waals surface area contributed by atoms with E-state index in [0.717, 1.165) is 20.7 Å². The van der Waals surface area contributed by atoms with Crippen molar-refractivity contribution >= 4 is 51.4 Å². The summed E-state index contributed by atoms with van der Waals surface area (Å²) in [6.45, 7) is 0. The number of anilines is 1. The molecule has 34 heavy (non-hydrogen) atoms. The number of allylic oxidation sites excluding steroid dienone is 1. The van der Waals surface area contributed by atoms with Gasteiger partial charge >= 0.3 is 0 Å². The zero-order valence-electron chi connectivity index (χ0n) is 17.9. The topological polar surface area (TPSA) is 79.5 Å². The van der Waals surface area contributed by atoms with E-state index in [1.807, 2.05) is 84.9 Å². The van der Waals surface area contributed by atoms with Crippen LogP contribution in [0, 0.1) is 0 Å². The normalized spacial score (nSPS) is 13.3. The molecule has 3 aromatic carbocycles. The number of para-hydroxylation sites is 2. The number of rotatable bonds is 6. The van der Waals surface area contributed by atoms with Crippen molar-refractivity contribution in [2.24, 2.45) is 4.99 Å². The molecule has 1 aromatic heterocycles. The van der Waals surface area contributed by atoms with Crippen LogP contribution in [-0.4, -0.2) is 26.3 Å². The molecule has 5 rings (SSSR count). The third kappa shape index (κ3) is 4.83. The summed E-state index contributed by atoms with van der Waals surface area (Å²) in [7, 11) is 0. The van der Waals surface area contributed by atoms with Gasteiger partial charge in [-0.1, -0.05) is 64.1 Å². The molecule has 0 fully saturated rings. The zero-order valence-corrected chi connectivity index (χ0v) is 20.3. The molecule has 168 valence electrons. The van der Waals surface area contributed by atoms with Crippen LogP contribution in [0.3, 0.4) is 0 Å². The van der Waals surface area contributed by atoms with E-state index < -0.39 is 0 Å². The molecule has 8 heteroatoms. The number of aromatic nitrogens is 2. The Balaban J connectivity index is 1.43. The number of amides is 1. The van der Waals surface area contributed by atoms with Gasteiger partial charge in [0.2, 0.25) is 11.8 Å². The van der Waals surface area contributed by atoms with Gasteiger partial charge < -0.3 is 10.4 Å². The summed E-state index contributed by atoms with van der Waals surface area (Å²) in [5.74, 6) is -0.0323. The number of carbonyl (C=O) groups is 1. The Morgan fingerprint density at radius 3 is 2.53 bits per heavy atom. The van der Waals surface area contributed by atoms with Gasteiger partial charge in [0.25, 0.3) is 0 Å². The highest BCUT2D eigenvalue weighted by molar-refractivity contribution is 9.10. The molecular formula is C26H19BrN4O2S. The van der Waals surface area contributed by atoms with Crippen LogP contribution in [0.4, 0.5) is 5.69 Å². The van der Waals surface area contributed by atoms with Crippen LogP contribution >= 0.6 is 27.7 Å². The quantitative estimate of drug-likeness (QED) is 0.359. The summed E-state index contributed by atoms with van der Waals surface area (Å²) < 4.78 is 2.59. The van der Waals surface area contributed by atoms with E-state index in [2.05, 4.69) is 31.2 Å². The highest BCUT2D eigenvalue weighted by atomic mass is 79.9. The Morgan fingerprint density at radius 2 is 1.76 bits per heavy atom. The van der Waals surface area contributed by atoms with Crippen LogP contribution in [-0.2, 0) is 4.79 Å². The molecular weight excluding hydrogens is 512 g/mol. The SMILES string of the molecule is O=C(CSc1nc(/C=C2\C=c3ccccc3=N2)c(O)n1-c1ccccc1)Nc1ccc(Br)cc1. The summed E-state index contributed by atoms with van der Waals surface area (Å²) in [5.41, 5.74) is 2.57. The summed E-state index contributed by atoms with van der Waals surface area (Å²) >= 11 is 4.64. The number of imidazole rings is 1. The molecule has 0 saturated carbocycles. The number of benzene rings is 3. The van der Waals surface area contributed by atoms with E-state index >= 15 is 0 Å². The predicted molar refractivity (Wildman–Crippen MR) is 138 cm³/mol. The minimum Gasteiger partial charge on any atom is -0.493 e. The first-order valence-corrected chi connectivity index (χ1v) is 12.3. The maximum atomic E-state index is 12.5. The number of halogens is 1. The standard InChI is InChI=1S/C26H19BrN4O2S/c27-18-10-12-19(13-11-18)29-24(32)16-34-26-30-23(25(33)31(26)21-7-2-1-3-8-21)15-20-14-17-6-4-5-9-22(17)28-20/h1-15,33H,16H2,(H,29,32)/b20-15+. The van der Waals surface area contributed by atoms with Gasteiger partial charge in [-0.05, 0) is 54.6 Å². The molecule has 0 aliphatic carbocycles. The Bertz CT molecular complexity index is 1480. The third-order valence-corrected chi connectivity index (χ3v) is 6.56. The molecule has 1 amide bonds. The maximum absolute atomic E-state index is 12.5. The van der Waals surface area contributed by atoms with Gasteiger partial charge in [-0.15, -0.1) is 0 Å². The smallest absolute Gasteiger partial charge is 0.234 e. The Hall–Kier alpha value is -3.62. The van der Waals surface area contributed by atoms with Gasteiger partial charge in [-0.3, -0.25) is 9.36 Å². The van der Waals surface area contributed by atoms with E-state index in [0.29, 0.717) is 22.2 Å². The Labute approximate surface area is 208 Å². The summed E-state index contributed by atoms with van der Waals surface area (Å²) in [4.78, 5) is 21.8. The van der Waals surface area contributed by atoms with Crippen molar-refractivity contribution in [2.45, 2.75) is 5.16 Å². The van der Waals surface area contributed by atoms with Crippen LogP contribution in [0.15, 0.2) is 99.2 Å². The molecule has 0 saturated heterocycles. The Kier molecular flexibility index (Phi) is 6.33. The van der Waals surface area contributed by atoms with Gasteiger partial charge in [0.15, 0.2) is 5.16 Å². The van der Waals surface area contributed by atoms with Crippen LogP contribution in [0.5, 0.6) is 5.88 Å². The van der Waals surface area contributed by atoms with Gasteiger partial charge in [0.05, 0.1) is 22.5 Å². The highest BCUT2D eigenvalue weighted by Crippen LogP contribution is 2.32. The van der Waals surface area contributed by atoms with E-state index in [1.54, 1.807) is 10.6 Å². The van der Waals surface area contributed by atoms with Crippen LogP contribution in [0.2, 0.25) is 0 Å². The molecule has 0 radical (unpaired) electrons. The van der Waals surface area contributed by atoms with Crippen molar-refractivity contribution in [1.29, 1.82) is 0 Å². The number of thioether (sulfide) groups is 1. The van der Waals surface area contributed by atoms with Crippen molar-refractivity contribution in [2.75, 3.05) is 11.1 Å². The number of fused-ring (bicyclic) bond motifs is 1. The molecule has 0 spiro atoms. The second-order valence-corrected chi connectivity index (χ2v) is 9.36. The lowest BCUT2D eigenvalue weighted by molar-refractivity contribution is -0.113. The van der Waals surface area contributed by atoms with E-state index in [1.165, 1.54) is 11.8 Å². The summed E-state index contributed by atoms with van der Waals surface area (Å²) in [6, 6.07) is 24.7. The van der Waals surface area contributed by atoms with E-state index in [9.17, 15) is 9.90 Å². The number of hydrogen-bond donors (Lipinski definition) is 2. The molecule has 0 atom stereocenters. The van der Waals surface area contributed by atoms with E-state index in [-0.39, 0.29) is 17.5 Å². The molecule has 0 unspecified atom stereocenters. The van der Waals surface area contributed by atoms with Gasteiger partial charge in [-0.2, -0.15) is 0 Å². The fourth-order valence-corrected chi connectivity index (χ4v) is 4.61. The summed E-state index contributed by atoms with van der Waals surface area (Å²) in [6.07, 6.45) is 3.70. The molecule has 2 heterocycles.